The van der Waals surface area contributed by atoms with Crippen LogP contribution >= 0.6 is 0 Å². The predicted octanol–water partition coefficient (Wildman–Crippen LogP) is 1.78. The van der Waals surface area contributed by atoms with Crippen molar-refractivity contribution in [1.82, 2.24) is 9.80 Å². The SMILES string of the molecule is O=C(CCN1CC1)OC[C@@H]1C[C@@H]2[C@H]3CC[C@@H](C3)[C@H]2[C@H]1COC(=O)CCN1CC1. The molecule has 0 aromatic rings. The van der Waals surface area contributed by atoms with Crippen LogP contribution in [0, 0.1) is 35.5 Å². The van der Waals surface area contributed by atoms with E-state index in [4.69, 9.17) is 9.47 Å². The van der Waals surface area contributed by atoms with Crippen molar-refractivity contribution in [3.8, 4) is 0 Å². The Morgan fingerprint density at radius 2 is 1.39 bits per heavy atom. The molecule has 0 N–H and O–H groups in total. The third-order valence-corrected chi connectivity index (χ3v) is 8.07. The van der Waals surface area contributed by atoms with Gasteiger partial charge in [-0.15, -0.1) is 0 Å². The second kappa shape index (κ2) is 7.94. The zero-order valence-corrected chi connectivity index (χ0v) is 16.9. The van der Waals surface area contributed by atoms with E-state index in [2.05, 4.69) is 9.80 Å². The third kappa shape index (κ3) is 4.23. The first-order valence-corrected chi connectivity index (χ1v) is 11.4. The topological polar surface area (TPSA) is 58.6 Å². The van der Waals surface area contributed by atoms with Crippen molar-refractivity contribution in [2.24, 2.45) is 35.5 Å². The summed E-state index contributed by atoms with van der Waals surface area (Å²) in [6.07, 6.45) is 6.24. The van der Waals surface area contributed by atoms with Gasteiger partial charge in [0.1, 0.15) is 0 Å². The first-order valence-electron chi connectivity index (χ1n) is 11.4. The second-order valence-corrected chi connectivity index (χ2v) is 9.78. The molecule has 0 aromatic heterocycles. The average Bonchev–Trinajstić information content (AvgIpc) is 3.59. The molecule has 2 bridgehead atoms. The lowest BCUT2D eigenvalue weighted by molar-refractivity contribution is -0.150. The smallest absolute Gasteiger partial charge is 0.307 e. The summed E-state index contributed by atoms with van der Waals surface area (Å²) in [5.74, 6) is 3.73. The Labute approximate surface area is 167 Å². The molecule has 0 unspecified atom stereocenters. The van der Waals surface area contributed by atoms with Gasteiger partial charge in [-0.2, -0.15) is 0 Å². The number of ether oxygens (including phenoxy) is 2. The molecule has 0 aromatic carbocycles. The molecule has 2 aliphatic heterocycles. The molecule has 6 nitrogen and oxygen atoms in total. The molecule has 5 rings (SSSR count). The van der Waals surface area contributed by atoms with Crippen LogP contribution in [0.2, 0.25) is 0 Å². The average molecular weight is 391 g/mol. The summed E-state index contributed by atoms with van der Waals surface area (Å²) in [4.78, 5) is 28.8. The quantitative estimate of drug-likeness (QED) is 0.419. The Bertz CT molecular complexity index is 603. The van der Waals surface area contributed by atoms with E-state index < -0.39 is 0 Å². The molecule has 0 amide bonds. The van der Waals surface area contributed by atoms with Crippen LogP contribution < -0.4 is 0 Å². The van der Waals surface area contributed by atoms with E-state index in [0.717, 1.165) is 63.4 Å². The van der Waals surface area contributed by atoms with Gasteiger partial charge in [-0.1, -0.05) is 0 Å². The van der Waals surface area contributed by atoms with Crippen molar-refractivity contribution in [2.45, 2.75) is 38.5 Å². The van der Waals surface area contributed by atoms with E-state index in [0.29, 0.717) is 43.8 Å². The van der Waals surface area contributed by atoms with Crippen LogP contribution in [0.25, 0.3) is 0 Å². The minimum absolute atomic E-state index is 0.0623. The number of fused-ring (bicyclic) bond motifs is 5. The Hall–Kier alpha value is -1.14. The minimum atomic E-state index is -0.0684. The Morgan fingerprint density at radius 1 is 0.786 bits per heavy atom. The monoisotopic (exact) mass is 390 g/mol. The molecule has 6 atom stereocenters. The second-order valence-electron chi connectivity index (χ2n) is 9.78. The minimum Gasteiger partial charge on any atom is -0.465 e. The number of hydrogen-bond donors (Lipinski definition) is 0. The maximum Gasteiger partial charge on any atom is 0.307 e. The number of carbonyl (C=O) groups is 2. The fourth-order valence-electron chi connectivity index (χ4n) is 6.37. The fraction of sp³-hybridized carbons (Fsp3) is 0.909. The summed E-state index contributed by atoms with van der Waals surface area (Å²) in [6, 6.07) is 0. The van der Waals surface area contributed by atoms with Gasteiger partial charge in [0.25, 0.3) is 0 Å². The van der Waals surface area contributed by atoms with Gasteiger partial charge < -0.3 is 19.3 Å². The highest BCUT2D eigenvalue weighted by atomic mass is 16.5. The van der Waals surface area contributed by atoms with Gasteiger partial charge in [0.05, 0.1) is 26.1 Å². The number of esters is 2. The maximum atomic E-state index is 12.2. The summed E-state index contributed by atoms with van der Waals surface area (Å²) in [7, 11) is 0. The molecular formula is C22H34N2O4. The van der Waals surface area contributed by atoms with Gasteiger partial charge in [-0.05, 0) is 55.3 Å². The Kier molecular flexibility index (Phi) is 5.35. The Balaban J connectivity index is 1.14. The van der Waals surface area contributed by atoms with Crippen LogP contribution in [-0.2, 0) is 19.1 Å². The number of rotatable bonds is 10. The van der Waals surface area contributed by atoms with Crippen LogP contribution in [0.15, 0.2) is 0 Å². The Morgan fingerprint density at radius 3 is 2.04 bits per heavy atom. The molecule has 28 heavy (non-hydrogen) atoms. The van der Waals surface area contributed by atoms with Crippen LogP contribution in [0.1, 0.15) is 38.5 Å². The normalized spacial score (nSPS) is 38.4. The van der Waals surface area contributed by atoms with Crippen molar-refractivity contribution in [3.05, 3.63) is 0 Å². The molecular weight excluding hydrogens is 356 g/mol. The van der Waals surface area contributed by atoms with Gasteiger partial charge in [-0.3, -0.25) is 9.59 Å². The molecule has 156 valence electrons. The lowest BCUT2D eigenvalue weighted by Gasteiger charge is -2.30. The molecule has 2 heterocycles. The van der Waals surface area contributed by atoms with E-state index in [1.807, 2.05) is 0 Å². The molecule has 6 heteroatoms. The van der Waals surface area contributed by atoms with Crippen molar-refractivity contribution in [2.75, 3.05) is 52.5 Å². The molecule has 0 spiro atoms. The lowest BCUT2D eigenvalue weighted by atomic mass is 9.77. The summed E-state index contributed by atoms with van der Waals surface area (Å²) < 4.78 is 11.4. The predicted molar refractivity (Wildman–Crippen MR) is 103 cm³/mol. The summed E-state index contributed by atoms with van der Waals surface area (Å²) >= 11 is 0. The van der Waals surface area contributed by atoms with E-state index in [1.165, 1.54) is 19.3 Å². The summed E-state index contributed by atoms with van der Waals surface area (Å²) in [5.41, 5.74) is 0. The third-order valence-electron chi connectivity index (χ3n) is 8.07. The first-order chi connectivity index (χ1) is 13.7. The summed E-state index contributed by atoms with van der Waals surface area (Å²) in [6.45, 7) is 7.18. The first kappa shape index (κ1) is 18.9. The maximum absolute atomic E-state index is 12.2. The standard InChI is InChI=1S/C22H34N2O4/c25-20(3-5-23-7-8-23)27-13-17-12-18-15-1-2-16(11-15)22(18)19(17)14-28-21(26)4-6-24-9-10-24/h15-19,22H,1-14H2/t15-,16-,17-,18+,19-,22+/m0/s1. The van der Waals surface area contributed by atoms with Gasteiger partial charge in [0, 0.05) is 45.2 Å². The molecule has 3 aliphatic carbocycles. The van der Waals surface area contributed by atoms with Crippen LogP contribution in [-0.4, -0.2) is 74.2 Å². The van der Waals surface area contributed by atoms with E-state index in [1.54, 1.807) is 0 Å². The van der Waals surface area contributed by atoms with Crippen molar-refractivity contribution in [1.29, 1.82) is 0 Å². The van der Waals surface area contributed by atoms with Crippen LogP contribution in [0.5, 0.6) is 0 Å². The van der Waals surface area contributed by atoms with Gasteiger partial charge in [-0.25, -0.2) is 0 Å². The van der Waals surface area contributed by atoms with Crippen LogP contribution in [0.4, 0.5) is 0 Å². The molecule has 2 saturated heterocycles. The van der Waals surface area contributed by atoms with Crippen molar-refractivity contribution < 1.29 is 19.1 Å². The van der Waals surface area contributed by atoms with Crippen molar-refractivity contribution in [3.63, 3.8) is 0 Å². The van der Waals surface area contributed by atoms with Crippen LogP contribution in [0.3, 0.4) is 0 Å². The number of carbonyl (C=O) groups excluding carboxylic acids is 2. The zero-order valence-electron chi connectivity index (χ0n) is 16.9. The van der Waals surface area contributed by atoms with E-state index >= 15 is 0 Å². The lowest BCUT2D eigenvalue weighted by Crippen LogP contribution is -2.30. The highest BCUT2D eigenvalue weighted by molar-refractivity contribution is 5.70. The van der Waals surface area contributed by atoms with E-state index in [9.17, 15) is 9.59 Å². The molecule has 5 fully saturated rings. The van der Waals surface area contributed by atoms with Gasteiger partial charge in [0.2, 0.25) is 0 Å². The van der Waals surface area contributed by atoms with Gasteiger partial charge >= 0.3 is 11.9 Å². The van der Waals surface area contributed by atoms with Crippen molar-refractivity contribution >= 4 is 11.9 Å². The summed E-state index contributed by atoms with van der Waals surface area (Å²) in [5, 5.41) is 0. The molecule has 3 saturated carbocycles. The fourth-order valence-corrected chi connectivity index (χ4v) is 6.37. The highest BCUT2D eigenvalue weighted by Gasteiger charge is 2.57. The molecule has 0 radical (unpaired) electrons. The highest BCUT2D eigenvalue weighted by Crippen LogP contribution is 2.62. The van der Waals surface area contributed by atoms with Gasteiger partial charge in [0.15, 0.2) is 0 Å². The molecule has 5 aliphatic rings. The zero-order chi connectivity index (χ0) is 19.1. The number of nitrogens with zero attached hydrogens (tertiary/aromatic N) is 2. The number of hydrogen-bond acceptors (Lipinski definition) is 6. The van der Waals surface area contributed by atoms with E-state index in [-0.39, 0.29) is 11.9 Å². The largest absolute Gasteiger partial charge is 0.465 e.